The van der Waals surface area contributed by atoms with Crippen molar-refractivity contribution in [2.45, 2.75) is 121 Å². The van der Waals surface area contributed by atoms with Crippen molar-refractivity contribution in [3.63, 3.8) is 0 Å². The number of carboxylic acid groups (broad SMARTS) is 1. The summed E-state index contributed by atoms with van der Waals surface area (Å²) in [6.07, 6.45) is -12.5. The zero-order valence-corrected chi connectivity index (χ0v) is 41.9. The van der Waals surface area contributed by atoms with Gasteiger partial charge in [0, 0.05) is 67.2 Å². The van der Waals surface area contributed by atoms with Crippen LogP contribution < -0.4 is 5.32 Å². The number of aliphatic hydroxyl groups is 2. The van der Waals surface area contributed by atoms with Crippen molar-refractivity contribution in [1.29, 1.82) is 0 Å². The molecule has 2 saturated carbocycles. The van der Waals surface area contributed by atoms with Crippen molar-refractivity contribution in [3.05, 3.63) is 119 Å². The number of nitrogens with one attached hydrogen (secondary N) is 1. The van der Waals surface area contributed by atoms with E-state index in [0.29, 0.717) is 0 Å². The summed E-state index contributed by atoms with van der Waals surface area (Å²) >= 11 is 0. The number of ketones is 1. The molecule has 7 rings (SSSR count). The van der Waals surface area contributed by atoms with Crippen molar-refractivity contribution in [2.24, 2.45) is 16.7 Å². The minimum Gasteiger partial charge on any atom is -0.481 e. The van der Waals surface area contributed by atoms with E-state index in [9.17, 15) is 44.1 Å². The summed E-state index contributed by atoms with van der Waals surface area (Å²) in [5.74, 6) is -9.78. The third-order valence-corrected chi connectivity index (χ3v) is 14.3. The van der Waals surface area contributed by atoms with Gasteiger partial charge >= 0.3 is 35.8 Å². The maximum absolute atomic E-state index is 15.7. The van der Waals surface area contributed by atoms with E-state index < -0.39 is 137 Å². The number of hydrogen-bond acceptors (Lipinski definition) is 16. The van der Waals surface area contributed by atoms with Crippen LogP contribution in [0, 0.1) is 16.7 Å². The van der Waals surface area contributed by atoms with Gasteiger partial charge in [0.15, 0.2) is 17.5 Å². The van der Waals surface area contributed by atoms with Gasteiger partial charge in [-0.15, -0.1) is 0 Å². The summed E-state index contributed by atoms with van der Waals surface area (Å²) in [7, 11) is 0. The number of carboxylic acids is 1. The van der Waals surface area contributed by atoms with Crippen LogP contribution in [-0.4, -0.2) is 147 Å². The maximum Gasteiger partial charge on any atom is 0.350 e. The Kier molecular flexibility index (Phi) is 16.0. The molecule has 18 nitrogen and oxygen atoms in total. The first-order valence-electron chi connectivity index (χ1n) is 22.5. The second kappa shape index (κ2) is 20.9. The summed E-state index contributed by atoms with van der Waals surface area (Å²) < 4.78 is 36.3. The van der Waals surface area contributed by atoms with Gasteiger partial charge < -0.3 is 49.1 Å². The molecule has 3 aliphatic carbocycles. The molecule has 367 valence electrons. The molecule has 19 heteroatoms. The second-order valence-electron chi connectivity index (χ2n) is 18.7. The van der Waals surface area contributed by atoms with Gasteiger partial charge in [0.25, 0.3) is 5.91 Å². The molecule has 1 amide bonds. The topological polar surface area (TPSA) is 265 Å². The first-order valence-corrected chi connectivity index (χ1v) is 22.5. The summed E-state index contributed by atoms with van der Waals surface area (Å²) in [6, 6.07) is 22.1. The average Bonchev–Trinajstić information content (AvgIpc) is 3.30. The van der Waals surface area contributed by atoms with Gasteiger partial charge in [-0.2, -0.15) is 0 Å². The van der Waals surface area contributed by atoms with E-state index >= 15 is 9.59 Å². The number of aliphatic hydroxyl groups excluding tert-OH is 1. The Hall–Kier alpha value is -5.76. The third kappa shape index (κ3) is 9.81. The Balaban J connectivity index is 0.00000804. The molecule has 1 aliphatic heterocycles. The summed E-state index contributed by atoms with van der Waals surface area (Å²) in [6.45, 7) is 7.68. The zero-order chi connectivity index (χ0) is 50.2. The number of Topliss-reactive ketones (excluding diaryl/α,β-unsaturated/α-hetero) is 1. The summed E-state index contributed by atoms with van der Waals surface area (Å²) in [5, 5.41) is 38.2. The summed E-state index contributed by atoms with van der Waals surface area (Å²) in [4.78, 5) is 110. The zero-order valence-electron chi connectivity index (χ0n) is 39.9. The van der Waals surface area contributed by atoms with Crippen molar-refractivity contribution in [2.75, 3.05) is 6.61 Å². The molecule has 3 fully saturated rings. The fourth-order valence-electron chi connectivity index (χ4n) is 10.7. The van der Waals surface area contributed by atoms with Crippen molar-refractivity contribution < 1.29 is 82.1 Å². The quantitative estimate of drug-likeness (QED) is 0.0775. The van der Waals surface area contributed by atoms with E-state index in [2.05, 4.69) is 5.32 Å². The molecule has 0 aromatic heterocycles. The van der Waals surface area contributed by atoms with Gasteiger partial charge in [0.2, 0.25) is 6.10 Å². The van der Waals surface area contributed by atoms with Crippen molar-refractivity contribution in [1.82, 2.24) is 5.32 Å². The van der Waals surface area contributed by atoms with Crippen LogP contribution in [0.2, 0.25) is 0 Å². The third-order valence-electron chi connectivity index (χ3n) is 14.3. The molecule has 70 heavy (non-hydrogen) atoms. The van der Waals surface area contributed by atoms with Gasteiger partial charge in [-0.25, -0.2) is 9.59 Å². The average molecular weight is 977 g/mol. The summed E-state index contributed by atoms with van der Waals surface area (Å²) in [5.41, 5.74) is -7.77. The van der Waals surface area contributed by atoms with Crippen LogP contribution in [0.25, 0.3) is 0 Å². The van der Waals surface area contributed by atoms with E-state index in [1.165, 1.54) is 52.0 Å². The van der Waals surface area contributed by atoms with Crippen molar-refractivity contribution in [3.8, 4) is 0 Å². The van der Waals surface area contributed by atoms with Gasteiger partial charge in [0.1, 0.15) is 30.0 Å². The van der Waals surface area contributed by atoms with Crippen LogP contribution in [0.3, 0.4) is 0 Å². The Morgan fingerprint density at radius 3 is 1.94 bits per heavy atom. The van der Waals surface area contributed by atoms with E-state index in [0.717, 1.165) is 13.8 Å². The molecule has 2 bridgehead atoms. The van der Waals surface area contributed by atoms with Crippen LogP contribution in [-0.2, 0) is 57.2 Å². The molecular weight excluding hydrogens is 922 g/mol. The number of carbonyl (C=O) groups excluding carboxylic acids is 7. The van der Waals surface area contributed by atoms with Crippen LogP contribution >= 0.6 is 0 Å². The smallest absolute Gasteiger partial charge is 0.350 e. The monoisotopic (exact) mass is 976 g/mol. The van der Waals surface area contributed by atoms with E-state index in [1.807, 2.05) is 0 Å². The largest absolute Gasteiger partial charge is 0.481 e. The molecule has 3 aromatic rings. The predicted molar refractivity (Wildman–Crippen MR) is 244 cm³/mol. The molecule has 4 N–H and O–H groups in total. The number of rotatable bonds is 14. The molecule has 1 saturated heterocycles. The SMILES string of the molecule is CC(=O)O[C@H]1C(=O)[C@@]2(C)C(C(OC(=O)c3ccccc3)[C@]3(O)CC(OC(=O)[C@H](OC(=O)CCC(=O)O)C(NC(=O)c4ccccc4)c4ccccc4)C(C)=C1C3(C)C)C1(OC(C)=O)COC1C[C@@H]2O.[Na]. The number of amides is 1. The Bertz CT molecular complexity index is 2550. The molecule has 1 radical (unpaired) electrons. The van der Waals surface area contributed by atoms with E-state index in [4.69, 9.17) is 28.4 Å². The Morgan fingerprint density at radius 2 is 1.40 bits per heavy atom. The first kappa shape index (κ1) is 53.6. The second-order valence-corrected chi connectivity index (χ2v) is 18.7. The van der Waals surface area contributed by atoms with Crippen molar-refractivity contribution >= 4 is 77.1 Å². The standard InChI is InChI=1S/C51H55NO17.Na/c1-27-33(66-47(62)41(67-37(58)23-22-36(56)57)39(30-16-10-7-11-17-30)52-45(60)31-18-12-8-13-19-31)25-51(63)44(68-46(61)32-20-14-9-15-21-32)42-49(6,34(55)24-35-50(42,26-64-35)69-29(3)54)43(59)40(65-28(2)53)38(27)48(51,4)5;/h7-21,33-35,39-42,44,55,63H,22-26H2,1-6H3,(H,52,60)(H,56,57);/t33?,34-,35?,39?,40+,41+,42?,44?,49+,50?,51+;/m0./s1. The number of fused-ring (bicyclic) bond motifs is 5. The molecule has 4 aliphatic rings. The minimum atomic E-state index is -2.50. The first-order chi connectivity index (χ1) is 32.6. The van der Waals surface area contributed by atoms with E-state index in [1.54, 1.807) is 66.7 Å². The maximum atomic E-state index is 15.7. The number of ether oxygens (including phenoxy) is 6. The molecule has 6 unspecified atom stereocenters. The van der Waals surface area contributed by atoms with E-state index in [-0.39, 0.29) is 70.4 Å². The van der Waals surface area contributed by atoms with Gasteiger partial charge in [-0.1, -0.05) is 80.6 Å². The van der Waals surface area contributed by atoms with Crippen LogP contribution in [0.1, 0.15) is 99.5 Å². The number of hydrogen-bond donors (Lipinski definition) is 4. The fraction of sp³-hybridized carbons (Fsp3) is 0.451. The molecule has 0 spiro atoms. The van der Waals surface area contributed by atoms with Gasteiger partial charge in [0.05, 0.1) is 42.4 Å². The normalized spacial score (nSPS) is 29.2. The molecule has 3 aromatic carbocycles. The number of benzene rings is 3. The molecular formula is C51H55NNaO17. The number of carbonyl (C=O) groups is 8. The van der Waals surface area contributed by atoms with Crippen LogP contribution in [0.4, 0.5) is 0 Å². The number of esters is 5. The predicted octanol–water partition coefficient (Wildman–Crippen LogP) is 3.77. The minimum absolute atomic E-state index is 0. The van der Waals surface area contributed by atoms with Crippen LogP contribution in [0.15, 0.2) is 102 Å². The number of aliphatic carboxylic acids is 1. The molecule has 11 atom stereocenters. The van der Waals surface area contributed by atoms with Gasteiger partial charge in [-0.05, 0) is 54.8 Å². The van der Waals surface area contributed by atoms with Crippen LogP contribution in [0.5, 0.6) is 0 Å². The van der Waals surface area contributed by atoms with Gasteiger partial charge in [-0.3, -0.25) is 28.8 Å². The fourth-order valence-corrected chi connectivity index (χ4v) is 10.7. The Morgan fingerprint density at radius 1 is 0.814 bits per heavy atom. The Labute approximate surface area is 425 Å². The molecule has 1 heterocycles.